The lowest BCUT2D eigenvalue weighted by atomic mass is 9.83. The summed E-state index contributed by atoms with van der Waals surface area (Å²) in [5, 5.41) is 9.00. The van der Waals surface area contributed by atoms with Crippen molar-refractivity contribution in [1.82, 2.24) is 15.8 Å². The van der Waals surface area contributed by atoms with Crippen molar-refractivity contribution in [3.05, 3.63) is 65.7 Å². The molecule has 0 saturated carbocycles. The second-order valence-electron chi connectivity index (χ2n) is 11.3. The number of esters is 1. The standard InChI is InChI=1S/C31H44N4O6/c1-30(2,3)41-26(37)17-18-31(29(38)34-32-19-9-20-35(4)5)27(23-11-7-6-8-12-23)40-28(33-31)24-13-15-25(16-14-24)39-22-10-21-36/h6-8,11-16,27,32,36H,9-10,17-22H2,1-5H3,(H,34,38)/t27-,31-/m0/s1. The molecule has 2 aromatic rings. The van der Waals surface area contributed by atoms with Crippen LogP contribution in [0.2, 0.25) is 0 Å². The van der Waals surface area contributed by atoms with Crippen LogP contribution in [0.1, 0.15) is 63.7 Å². The van der Waals surface area contributed by atoms with Crippen LogP contribution in [0.25, 0.3) is 0 Å². The number of rotatable bonds is 15. The Morgan fingerprint density at radius 1 is 1.07 bits per heavy atom. The number of carbonyl (C=O) groups excluding carboxylic acids is 2. The van der Waals surface area contributed by atoms with Gasteiger partial charge in [0.1, 0.15) is 11.4 Å². The number of ether oxygens (including phenoxy) is 3. The van der Waals surface area contributed by atoms with Gasteiger partial charge in [0.05, 0.1) is 6.61 Å². The quantitative estimate of drug-likeness (QED) is 0.170. The molecular weight excluding hydrogens is 524 g/mol. The summed E-state index contributed by atoms with van der Waals surface area (Å²) in [5.41, 5.74) is 5.21. The lowest BCUT2D eigenvalue weighted by Gasteiger charge is -2.31. The number of benzene rings is 2. The second-order valence-corrected chi connectivity index (χ2v) is 11.3. The van der Waals surface area contributed by atoms with Crippen molar-refractivity contribution >= 4 is 17.8 Å². The summed E-state index contributed by atoms with van der Waals surface area (Å²) in [4.78, 5) is 33.7. The van der Waals surface area contributed by atoms with Crippen LogP contribution in [0.4, 0.5) is 0 Å². The van der Waals surface area contributed by atoms with E-state index >= 15 is 0 Å². The van der Waals surface area contributed by atoms with Crippen LogP contribution in [0.3, 0.4) is 0 Å². The van der Waals surface area contributed by atoms with Gasteiger partial charge >= 0.3 is 5.97 Å². The van der Waals surface area contributed by atoms with Gasteiger partial charge < -0.3 is 24.2 Å². The zero-order valence-electron chi connectivity index (χ0n) is 24.8. The molecule has 10 heteroatoms. The van der Waals surface area contributed by atoms with Gasteiger partial charge in [-0.05, 0) is 84.1 Å². The van der Waals surface area contributed by atoms with Crippen LogP contribution >= 0.6 is 0 Å². The van der Waals surface area contributed by atoms with Crippen LogP contribution in [0.5, 0.6) is 5.75 Å². The Kier molecular flexibility index (Phi) is 11.7. The number of aliphatic hydroxyl groups excluding tert-OH is 1. The van der Waals surface area contributed by atoms with Crippen molar-refractivity contribution in [3.63, 3.8) is 0 Å². The topological polar surface area (TPSA) is 122 Å². The Labute approximate surface area is 243 Å². The molecule has 0 spiro atoms. The molecule has 1 amide bonds. The van der Waals surface area contributed by atoms with Gasteiger partial charge in [0.2, 0.25) is 5.90 Å². The van der Waals surface area contributed by atoms with E-state index in [-0.39, 0.29) is 19.4 Å². The number of amides is 1. The van der Waals surface area contributed by atoms with E-state index < -0.39 is 29.1 Å². The minimum atomic E-state index is -1.43. The average molecular weight is 569 g/mol. The van der Waals surface area contributed by atoms with Gasteiger partial charge in [-0.1, -0.05) is 30.3 Å². The summed E-state index contributed by atoms with van der Waals surface area (Å²) in [6.45, 7) is 7.32. The maximum atomic E-state index is 14.0. The van der Waals surface area contributed by atoms with Crippen molar-refractivity contribution in [2.45, 2.75) is 63.7 Å². The molecule has 0 bridgehead atoms. The average Bonchev–Trinajstić information content (AvgIpc) is 3.32. The molecule has 2 atom stereocenters. The Morgan fingerprint density at radius 3 is 2.41 bits per heavy atom. The number of aliphatic imine (C=N–C) groups is 1. The van der Waals surface area contributed by atoms with E-state index in [0.29, 0.717) is 36.8 Å². The first-order valence-corrected chi connectivity index (χ1v) is 14.1. The molecule has 0 aromatic heterocycles. The highest BCUT2D eigenvalue weighted by atomic mass is 16.6. The van der Waals surface area contributed by atoms with E-state index in [0.717, 1.165) is 18.5 Å². The minimum absolute atomic E-state index is 0.0214. The van der Waals surface area contributed by atoms with Crippen molar-refractivity contribution in [2.75, 3.05) is 40.4 Å². The third-order valence-electron chi connectivity index (χ3n) is 6.37. The summed E-state index contributed by atoms with van der Waals surface area (Å²) in [7, 11) is 3.99. The largest absolute Gasteiger partial charge is 0.494 e. The zero-order valence-corrected chi connectivity index (χ0v) is 24.8. The third-order valence-corrected chi connectivity index (χ3v) is 6.37. The normalized spacial score (nSPS) is 18.5. The third kappa shape index (κ3) is 9.55. The Hall–Kier alpha value is -3.47. The van der Waals surface area contributed by atoms with Crippen LogP contribution < -0.4 is 15.6 Å². The molecule has 0 unspecified atom stereocenters. The van der Waals surface area contributed by atoms with E-state index in [4.69, 9.17) is 24.3 Å². The molecule has 1 aliphatic rings. The highest BCUT2D eigenvalue weighted by Gasteiger charge is 2.53. The molecule has 3 N–H and O–H groups in total. The van der Waals surface area contributed by atoms with Gasteiger partial charge in [0, 0.05) is 31.6 Å². The molecule has 41 heavy (non-hydrogen) atoms. The molecular formula is C31H44N4O6. The highest BCUT2D eigenvalue weighted by molar-refractivity contribution is 6.01. The summed E-state index contributed by atoms with van der Waals surface area (Å²) < 4.78 is 17.6. The van der Waals surface area contributed by atoms with Crippen molar-refractivity contribution in [1.29, 1.82) is 0 Å². The first kappa shape index (κ1) is 32.0. The first-order chi connectivity index (χ1) is 19.5. The summed E-state index contributed by atoms with van der Waals surface area (Å²) >= 11 is 0. The summed E-state index contributed by atoms with van der Waals surface area (Å²) in [6.07, 6.45) is 0.655. The number of hydrogen-bond donors (Lipinski definition) is 3. The number of nitrogens with one attached hydrogen (secondary N) is 2. The second kappa shape index (κ2) is 15.0. The van der Waals surface area contributed by atoms with Crippen LogP contribution in [0.15, 0.2) is 59.6 Å². The Bertz CT molecular complexity index is 1150. The van der Waals surface area contributed by atoms with E-state index in [1.165, 1.54) is 0 Å². The number of aliphatic hydroxyl groups is 1. The van der Waals surface area contributed by atoms with Gasteiger partial charge in [-0.2, -0.15) is 0 Å². The Balaban J connectivity index is 1.93. The fourth-order valence-corrected chi connectivity index (χ4v) is 4.42. The van der Waals surface area contributed by atoms with Crippen LogP contribution in [-0.2, 0) is 19.1 Å². The SMILES string of the molecule is CN(C)CCCNNC(=O)[C@@]1(CCC(=O)OC(C)(C)C)N=C(c2ccc(OCCCO)cc2)O[C@H]1c1ccccc1. The predicted octanol–water partition coefficient (Wildman–Crippen LogP) is 3.40. The molecule has 0 radical (unpaired) electrons. The molecule has 10 nitrogen and oxygen atoms in total. The lowest BCUT2D eigenvalue weighted by molar-refractivity contribution is -0.155. The Morgan fingerprint density at radius 2 is 1.78 bits per heavy atom. The van der Waals surface area contributed by atoms with Crippen molar-refractivity contribution in [3.8, 4) is 5.75 Å². The minimum Gasteiger partial charge on any atom is -0.494 e. The molecule has 0 saturated heterocycles. The maximum absolute atomic E-state index is 14.0. The lowest BCUT2D eigenvalue weighted by Crippen LogP contribution is -2.53. The molecule has 1 heterocycles. The predicted molar refractivity (Wildman–Crippen MR) is 158 cm³/mol. The van der Waals surface area contributed by atoms with E-state index in [2.05, 4.69) is 15.8 Å². The van der Waals surface area contributed by atoms with E-state index in [1.54, 1.807) is 12.1 Å². The number of hydrogen-bond acceptors (Lipinski definition) is 9. The fourth-order valence-electron chi connectivity index (χ4n) is 4.42. The first-order valence-electron chi connectivity index (χ1n) is 14.1. The van der Waals surface area contributed by atoms with Crippen molar-refractivity contribution < 1.29 is 28.9 Å². The molecule has 0 fully saturated rings. The summed E-state index contributed by atoms with van der Waals surface area (Å²) in [5.74, 6) is 0.145. The van der Waals surface area contributed by atoms with Crippen LogP contribution in [0, 0.1) is 0 Å². The van der Waals surface area contributed by atoms with Crippen LogP contribution in [-0.4, -0.2) is 79.3 Å². The van der Waals surface area contributed by atoms with Gasteiger partial charge in [0.15, 0.2) is 11.6 Å². The molecule has 224 valence electrons. The number of hydrazine groups is 1. The number of carbonyl (C=O) groups is 2. The summed E-state index contributed by atoms with van der Waals surface area (Å²) in [6, 6.07) is 16.7. The maximum Gasteiger partial charge on any atom is 0.306 e. The fraction of sp³-hybridized carbons (Fsp3) is 0.516. The van der Waals surface area contributed by atoms with E-state index in [9.17, 15) is 9.59 Å². The molecule has 3 rings (SSSR count). The number of nitrogens with zero attached hydrogens (tertiary/aromatic N) is 2. The zero-order chi connectivity index (χ0) is 29.9. The van der Waals surface area contributed by atoms with Crippen molar-refractivity contribution in [2.24, 2.45) is 4.99 Å². The molecule has 0 aliphatic carbocycles. The smallest absolute Gasteiger partial charge is 0.306 e. The van der Waals surface area contributed by atoms with Gasteiger partial charge in [0.25, 0.3) is 5.91 Å². The highest BCUT2D eigenvalue weighted by Crippen LogP contribution is 2.43. The van der Waals surface area contributed by atoms with E-state index in [1.807, 2.05) is 77.3 Å². The van der Waals surface area contributed by atoms with Gasteiger partial charge in [-0.25, -0.2) is 10.4 Å². The molecule has 2 aromatic carbocycles. The van der Waals surface area contributed by atoms with Gasteiger partial charge in [-0.15, -0.1) is 0 Å². The van der Waals surface area contributed by atoms with Gasteiger partial charge in [-0.3, -0.25) is 15.0 Å². The molecule has 1 aliphatic heterocycles. The monoisotopic (exact) mass is 568 g/mol.